The van der Waals surface area contributed by atoms with E-state index in [9.17, 15) is 0 Å². The zero-order valence-corrected chi connectivity index (χ0v) is 10.4. The van der Waals surface area contributed by atoms with Crippen molar-refractivity contribution in [2.75, 3.05) is 11.9 Å². The summed E-state index contributed by atoms with van der Waals surface area (Å²) in [5.41, 5.74) is 1.12. The number of hydrogen-bond acceptors (Lipinski definition) is 3. The summed E-state index contributed by atoms with van der Waals surface area (Å²) in [6.45, 7) is 1.09. The van der Waals surface area contributed by atoms with Gasteiger partial charge >= 0.3 is 0 Å². The van der Waals surface area contributed by atoms with Crippen LogP contribution in [-0.2, 0) is 0 Å². The molecule has 4 rings (SSSR count). The summed E-state index contributed by atoms with van der Waals surface area (Å²) in [7, 11) is 0. The molecule has 4 heteroatoms. The van der Waals surface area contributed by atoms with Gasteiger partial charge in [-0.2, -0.15) is 5.10 Å². The van der Waals surface area contributed by atoms with Gasteiger partial charge in [-0.25, -0.2) is 4.68 Å². The highest BCUT2D eigenvalue weighted by atomic mass is 32.1. The Bertz CT molecular complexity index is 525. The van der Waals surface area contributed by atoms with Gasteiger partial charge < -0.3 is 5.32 Å². The van der Waals surface area contributed by atoms with Gasteiger partial charge in [0.05, 0.1) is 10.9 Å². The number of rotatable bonds is 2. The van der Waals surface area contributed by atoms with Crippen LogP contribution in [0.25, 0.3) is 10.6 Å². The Hall–Kier alpha value is -1.29. The number of nitrogens with one attached hydrogen (secondary N) is 1. The third-order valence-corrected chi connectivity index (χ3v) is 4.63. The van der Waals surface area contributed by atoms with Crippen molar-refractivity contribution in [1.82, 2.24) is 9.78 Å². The molecule has 1 fully saturated rings. The number of aromatic nitrogens is 2. The van der Waals surface area contributed by atoms with Crippen LogP contribution in [0.2, 0.25) is 0 Å². The second-order valence-corrected chi connectivity index (χ2v) is 5.90. The molecule has 3 nitrogen and oxygen atoms in total. The van der Waals surface area contributed by atoms with E-state index in [1.54, 1.807) is 11.3 Å². The van der Waals surface area contributed by atoms with E-state index in [0.29, 0.717) is 6.04 Å². The van der Waals surface area contributed by atoms with Crippen LogP contribution in [-0.4, -0.2) is 16.3 Å². The second-order valence-electron chi connectivity index (χ2n) is 4.96. The molecule has 0 amide bonds. The van der Waals surface area contributed by atoms with Crippen molar-refractivity contribution in [3.8, 4) is 10.6 Å². The van der Waals surface area contributed by atoms with Gasteiger partial charge in [-0.1, -0.05) is 6.07 Å². The Morgan fingerprint density at radius 3 is 3.06 bits per heavy atom. The molecular weight excluding hydrogens is 230 g/mol. The second kappa shape index (κ2) is 3.60. The van der Waals surface area contributed by atoms with E-state index in [-0.39, 0.29) is 0 Å². The molecule has 2 aromatic rings. The van der Waals surface area contributed by atoms with Gasteiger partial charge in [0.1, 0.15) is 11.5 Å². The van der Waals surface area contributed by atoms with Crippen LogP contribution in [0.4, 0.5) is 5.82 Å². The standard InChI is InChI=1S/C13H15N3S/c1-2-12(17-7-1)10-8-13-14-6-5-11(9-3-4-9)16(13)15-10/h1-2,7-9,11,14H,3-6H2. The molecule has 88 valence electrons. The minimum Gasteiger partial charge on any atom is -0.370 e. The lowest BCUT2D eigenvalue weighted by atomic mass is 10.1. The van der Waals surface area contributed by atoms with Gasteiger partial charge in [-0.3, -0.25) is 0 Å². The Morgan fingerprint density at radius 2 is 2.29 bits per heavy atom. The highest BCUT2D eigenvalue weighted by Crippen LogP contribution is 2.44. The van der Waals surface area contributed by atoms with Crippen molar-refractivity contribution in [3.05, 3.63) is 23.6 Å². The number of anilines is 1. The highest BCUT2D eigenvalue weighted by molar-refractivity contribution is 7.13. The SMILES string of the molecule is c1csc(-c2cc3n(n2)C(C2CC2)CCN3)c1. The van der Waals surface area contributed by atoms with Gasteiger partial charge in [0.15, 0.2) is 0 Å². The molecule has 3 heterocycles. The predicted molar refractivity (Wildman–Crippen MR) is 70.4 cm³/mol. The molecular formula is C13H15N3S. The third-order valence-electron chi connectivity index (χ3n) is 3.74. The zero-order chi connectivity index (χ0) is 11.2. The monoisotopic (exact) mass is 245 g/mol. The van der Waals surface area contributed by atoms with Crippen LogP contribution in [0, 0.1) is 5.92 Å². The van der Waals surface area contributed by atoms with E-state index >= 15 is 0 Å². The maximum Gasteiger partial charge on any atom is 0.125 e. The summed E-state index contributed by atoms with van der Waals surface area (Å²) in [5, 5.41) is 10.4. The zero-order valence-electron chi connectivity index (χ0n) is 9.60. The van der Waals surface area contributed by atoms with E-state index in [1.807, 2.05) is 0 Å². The van der Waals surface area contributed by atoms with E-state index in [0.717, 1.165) is 18.2 Å². The van der Waals surface area contributed by atoms with Crippen LogP contribution in [0.1, 0.15) is 25.3 Å². The van der Waals surface area contributed by atoms with Crippen molar-refractivity contribution in [2.45, 2.75) is 25.3 Å². The van der Waals surface area contributed by atoms with Crippen molar-refractivity contribution >= 4 is 17.2 Å². The van der Waals surface area contributed by atoms with Gasteiger partial charge in [0, 0.05) is 12.6 Å². The molecule has 0 saturated heterocycles. The van der Waals surface area contributed by atoms with Gasteiger partial charge in [0.2, 0.25) is 0 Å². The Kier molecular flexibility index (Phi) is 2.06. The van der Waals surface area contributed by atoms with Crippen molar-refractivity contribution < 1.29 is 0 Å². The van der Waals surface area contributed by atoms with Crippen LogP contribution in [0.5, 0.6) is 0 Å². The molecule has 1 N–H and O–H groups in total. The fraction of sp³-hybridized carbons (Fsp3) is 0.462. The first kappa shape index (κ1) is 9.71. The van der Waals surface area contributed by atoms with E-state index in [2.05, 4.69) is 33.6 Å². The lowest BCUT2D eigenvalue weighted by Gasteiger charge is -2.25. The average Bonchev–Trinajstić information content (AvgIpc) is 2.91. The minimum absolute atomic E-state index is 0.639. The normalized spacial score (nSPS) is 23.2. The molecule has 2 aliphatic rings. The van der Waals surface area contributed by atoms with Crippen LogP contribution in [0.15, 0.2) is 23.6 Å². The third kappa shape index (κ3) is 1.59. The smallest absolute Gasteiger partial charge is 0.125 e. The van der Waals surface area contributed by atoms with Crippen LogP contribution in [0.3, 0.4) is 0 Å². The average molecular weight is 245 g/mol. The maximum atomic E-state index is 4.80. The summed E-state index contributed by atoms with van der Waals surface area (Å²) >= 11 is 1.76. The van der Waals surface area contributed by atoms with Crippen molar-refractivity contribution in [2.24, 2.45) is 5.92 Å². The molecule has 0 aromatic carbocycles. The Balaban J connectivity index is 1.76. The Labute approximate surface area is 104 Å². The molecule has 0 bridgehead atoms. The summed E-state index contributed by atoms with van der Waals surface area (Å²) in [5.74, 6) is 2.09. The van der Waals surface area contributed by atoms with Crippen LogP contribution >= 0.6 is 11.3 Å². The van der Waals surface area contributed by atoms with Gasteiger partial charge in [0.25, 0.3) is 0 Å². The van der Waals surface area contributed by atoms with E-state index in [1.165, 1.54) is 30.0 Å². The molecule has 1 saturated carbocycles. The van der Waals surface area contributed by atoms with E-state index < -0.39 is 0 Å². The lowest BCUT2D eigenvalue weighted by molar-refractivity contribution is 0.376. The molecule has 1 atom stereocenters. The first-order chi connectivity index (χ1) is 8.42. The lowest BCUT2D eigenvalue weighted by Crippen LogP contribution is -2.24. The summed E-state index contributed by atoms with van der Waals surface area (Å²) in [4.78, 5) is 1.27. The summed E-state index contributed by atoms with van der Waals surface area (Å²) in [6, 6.07) is 7.07. The summed E-state index contributed by atoms with van der Waals surface area (Å²) < 4.78 is 2.23. The summed E-state index contributed by atoms with van der Waals surface area (Å²) in [6.07, 6.45) is 4.00. The molecule has 1 aliphatic carbocycles. The predicted octanol–water partition coefficient (Wildman–Crippen LogP) is 3.38. The number of fused-ring (bicyclic) bond motifs is 1. The van der Waals surface area contributed by atoms with Crippen molar-refractivity contribution in [1.29, 1.82) is 0 Å². The number of hydrogen-bond donors (Lipinski definition) is 1. The fourth-order valence-corrected chi connectivity index (χ4v) is 3.39. The molecule has 1 unspecified atom stereocenters. The first-order valence-corrected chi connectivity index (χ1v) is 7.17. The number of nitrogens with zero attached hydrogens (tertiary/aromatic N) is 2. The largest absolute Gasteiger partial charge is 0.370 e. The Morgan fingerprint density at radius 1 is 1.35 bits per heavy atom. The molecule has 1 aliphatic heterocycles. The fourth-order valence-electron chi connectivity index (χ4n) is 2.71. The quantitative estimate of drug-likeness (QED) is 0.879. The van der Waals surface area contributed by atoms with Gasteiger partial charge in [-0.05, 0) is 36.6 Å². The molecule has 2 aromatic heterocycles. The number of thiophene rings is 1. The molecule has 0 spiro atoms. The maximum absolute atomic E-state index is 4.80. The topological polar surface area (TPSA) is 29.9 Å². The molecule has 0 radical (unpaired) electrons. The first-order valence-electron chi connectivity index (χ1n) is 6.29. The van der Waals surface area contributed by atoms with Gasteiger partial charge in [-0.15, -0.1) is 11.3 Å². The van der Waals surface area contributed by atoms with E-state index in [4.69, 9.17) is 5.10 Å². The van der Waals surface area contributed by atoms with Crippen molar-refractivity contribution in [3.63, 3.8) is 0 Å². The van der Waals surface area contributed by atoms with Crippen LogP contribution < -0.4 is 5.32 Å². The minimum atomic E-state index is 0.639. The highest BCUT2D eigenvalue weighted by Gasteiger charge is 2.35. The molecule has 17 heavy (non-hydrogen) atoms.